The van der Waals surface area contributed by atoms with E-state index in [-0.39, 0.29) is 18.9 Å². The molecule has 8 nitrogen and oxygen atoms in total. The molecule has 0 atom stereocenters. The van der Waals surface area contributed by atoms with Gasteiger partial charge < -0.3 is 19.4 Å². The summed E-state index contributed by atoms with van der Waals surface area (Å²) in [6.07, 6.45) is 2.92. The third kappa shape index (κ3) is 3.39. The summed E-state index contributed by atoms with van der Waals surface area (Å²) in [5.74, 6) is 0.771. The van der Waals surface area contributed by atoms with Crippen molar-refractivity contribution in [2.75, 3.05) is 18.2 Å². The highest BCUT2D eigenvalue weighted by atomic mass is 16.7. The van der Waals surface area contributed by atoms with Crippen LogP contribution in [0.2, 0.25) is 0 Å². The van der Waals surface area contributed by atoms with Gasteiger partial charge >= 0.3 is 5.69 Å². The molecular weight excluding hydrogens is 398 g/mol. The average molecular weight is 419 g/mol. The first-order valence-electron chi connectivity index (χ1n) is 10.1. The van der Waals surface area contributed by atoms with E-state index in [4.69, 9.17) is 9.47 Å². The van der Waals surface area contributed by atoms with E-state index in [0.717, 1.165) is 34.2 Å². The number of nitrogens with one attached hydrogen (secondary N) is 1. The summed E-state index contributed by atoms with van der Waals surface area (Å²) in [6.45, 7) is 2.69. The number of hydrogen-bond donors (Lipinski definition) is 1. The molecule has 0 spiro atoms. The summed E-state index contributed by atoms with van der Waals surface area (Å²) >= 11 is 0. The molecule has 8 heteroatoms. The maximum absolute atomic E-state index is 13.3. The molecule has 5 rings (SSSR count). The summed E-state index contributed by atoms with van der Waals surface area (Å²) < 4.78 is 11.7. The van der Waals surface area contributed by atoms with Crippen molar-refractivity contribution in [1.29, 1.82) is 0 Å². The van der Waals surface area contributed by atoms with E-state index in [9.17, 15) is 14.4 Å². The lowest BCUT2D eigenvalue weighted by molar-refractivity contribution is 0.0982. The Hall–Kier alpha value is -3.81. The van der Waals surface area contributed by atoms with E-state index < -0.39 is 17.2 Å². The third-order valence-electron chi connectivity index (χ3n) is 5.67. The van der Waals surface area contributed by atoms with E-state index in [1.165, 1.54) is 6.20 Å². The fraction of sp³-hybridized carbons (Fsp3) is 0.261. The lowest BCUT2D eigenvalue weighted by Crippen LogP contribution is -2.43. The topological polar surface area (TPSA) is 93.6 Å². The van der Waals surface area contributed by atoms with E-state index in [1.54, 1.807) is 23.1 Å². The number of ether oxygens (including phenoxy) is 2. The molecule has 0 unspecified atom stereocenters. The van der Waals surface area contributed by atoms with Crippen LogP contribution in [0.15, 0.2) is 52.2 Å². The molecule has 0 radical (unpaired) electrons. The van der Waals surface area contributed by atoms with Crippen LogP contribution >= 0.6 is 0 Å². The van der Waals surface area contributed by atoms with Crippen molar-refractivity contribution in [2.45, 2.75) is 26.3 Å². The van der Waals surface area contributed by atoms with Gasteiger partial charge in [0.25, 0.3) is 11.5 Å². The lowest BCUT2D eigenvalue weighted by Gasteiger charge is -2.29. The largest absolute Gasteiger partial charge is 0.454 e. The summed E-state index contributed by atoms with van der Waals surface area (Å²) in [5, 5.41) is 0. The van der Waals surface area contributed by atoms with Gasteiger partial charge in [0.15, 0.2) is 11.5 Å². The second-order valence-electron chi connectivity index (χ2n) is 7.78. The number of carbonyl (C=O) groups is 1. The van der Waals surface area contributed by atoms with Gasteiger partial charge in [-0.2, -0.15) is 0 Å². The first-order chi connectivity index (χ1) is 15.0. The van der Waals surface area contributed by atoms with Gasteiger partial charge in [0.1, 0.15) is 5.56 Å². The first kappa shape index (κ1) is 19.2. The fourth-order valence-electron chi connectivity index (χ4n) is 4.11. The zero-order chi connectivity index (χ0) is 21.5. The zero-order valence-electron chi connectivity index (χ0n) is 17.0. The molecule has 3 heterocycles. The molecule has 0 fully saturated rings. The summed E-state index contributed by atoms with van der Waals surface area (Å²) in [7, 11) is 0. The molecule has 1 N–H and O–H groups in total. The summed E-state index contributed by atoms with van der Waals surface area (Å²) in [6, 6.07) is 11.2. The van der Waals surface area contributed by atoms with E-state index >= 15 is 0 Å². The predicted molar refractivity (Wildman–Crippen MR) is 114 cm³/mol. The Morgan fingerprint density at radius 1 is 1.10 bits per heavy atom. The van der Waals surface area contributed by atoms with Crippen LogP contribution in [0.1, 0.15) is 33.5 Å². The monoisotopic (exact) mass is 419 g/mol. The molecular formula is C23H21N3O5. The lowest BCUT2D eigenvalue weighted by atomic mass is 9.99. The molecule has 2 aliphatic heterocycles. The van der Waals surface area contributed by atoms with Crippen molar-refractivity contribution in [1.82, 2.24) is 9.55 Å². The summed E-state index contributed by atoms with van der Waals surface area (Å²) in [5.41, 5.74) is 2.47. The van der Waals surface area contributed by atoms with Gasteiger partial charge in [0.2, 0.25) is 6.79 Å². The quantitative estimate of drug-likeness (QED) is 0.703. The minimum Gasteiger partial charge on any atom is -0.454 e. The van der Waals surface area contributed by atoms with Crippen LogP contribution in [0, 0.1) is 6.92 Å². The SMILES string of the molecule is Cc1ccc2c(c1)CCCN2C(=O)c1c[nH]c(=O)n(Cc2ccc3c(c2)OCO3)c1=O. The number of fused-ring (bicyclic) bond motifs is 2. The molecule has 1 amide bonds. The van der Waals surface area contributed by atoms with Gasteiger partial charge in [0, 0.05) is 18.4 Å². The average Bonchev–Trinajstić information content (AvgIpc) is 3.23. The number of H-pyrrole nitrogens is 1. The smallest absolute Gasteiger partial charge is 0.328 e. The number of anilines is 1. The van der Waals surface area contributed by atoms with Gasteiger partial charge in [-0.25, -0.2) is 4.79 Å². The second kappa shape index (κ2) is 7.46. The maximum atomic E-state index is 13.3. The summed E-state index contributed by atoms with van der Waals surface area (Å²) in [4.78, 5) is 43.0. The van der Waals surface area contributed by atoms with Crippen molar-refractivity contribution in [3.05, 3.63) is 85.7 Å². The van der Waals surface area contributed by atoms with Crippen LogP contribution in [0.25, 0.3) is 0 Å². The zero-order valence-corrected chi connectivity index (χ0v) is 17.0. The number of aromatic nitrogens is 2. The predicted octanol–water partition coefficient (Wildman–Crippen LogP) is 2.22. The minimum atomic E-state index is -0.620. The van der Waals surface area contributed by atoms with Crippen LogP contribution in [0.4, 0.5) is 5.69 Å². The van der Waals surface area contributed by atoms with Gasteiger partial charge in [-0.1, -0.05) is 23.8 Å². The van der Waals surface area contributed by atoms with Crippen molar-refractivity contribution in [3.8, 4) is 11.5 Å². The van der Waals surface area contributed by atoms with Crippen LogP contribution in [0.3, 0.4) is 0 Å². The second-order valence-corrected chi connectivity index (χ2v) is 7.78. The van der Waals surface area contributed by atoms with Crippen LogP contribution in [-0.4, -0.2) is 28.8 Å². The molecule has 31 heavy (non-hydrogen) atoms. The molecule has 0 saturated heterocycles. The molecule has 158 valence electrons. The third-order valence-corrected chi connectivity index (χ3v) is 5.67. The highest BCUT2D eigenvalue weighted by Gasteiger charge is 2.26. The van der Waals surface area contributed by atoms with Crippen LogP contribution < -0.4 is 25.6 Å². The van der Waals surface area contributed by atoms with Gasteiger partial charge in [0.05, 0.1) is 6.54 Å². The van der Waals surface area contributed by atoms with Gasteiger partial charge in [-0.15, -0.1) is 0 Å². The Bertz CT molecular complexity index is 1310. The molecule has 1 aromatic heterocycles. The van der Waals surface area contributed by atoms with Gasteiger partial charge in [-0.05, 0) is 49.1 Å². The number of aryl methyl sites for hydroxylation is 2. The number of rotatable bonds is 3. The number of nitrogens with zero attached hydrogens (tertiary/aromatic N) is 2. The molecule has 2 aromatic carbocycles. The highest BCUT2D eigenvalue weighted by molar-refractivity contribution is 6.06. The molecule has 0 bridgehead atoms. The number of carbonyl (C=O) groups excluding carboxylic acids is 1. The Morgan fingerprint density at radius 3 is 2.81 bits per heavy atom. The number of benzene rings is 2. The number of hydrogen-bond acceptors (Lipinski definition) is 5. The molecule has 3 aromatic rings. The standard InChI is InChI=1S/C23H21N3O5/c1-14-4-6-18-16(9-14)3-2-8-25(18)21(27)17-11-24-23(29)26(22(17)28)12-15-5-7-19-20(10-15)31-13-30-19/h4-7,9-11H,2-3,8,12-13H2,1H3,(H,24,29). The molecule has 0 aliphatic carbocycles. The van der Waals surface area contributed by atoms with Crippen molar-refractivity contribution in [2.24, 2.45) is 0 Å². The first-order valence-corrected chi connectivity index (χ1v) is 10.1. The number of amides is 1. The van der Waals surface area contributed by atoms with Gasteiger partial charge in [-0.3, -0.25) is 14.2 Å². The van der Waals surface area contributed by atoms with E-state index in [1.807, 2.05) is 19.1 Å². The Morgan fingerprint density at radius 2 is 1.94 bits per heavy atom. The van der Waals surface area contributed by atoms with Crippen molar-refractivity contribution < 1.29 is 14.3 Å². The number of aromatic amines is 1. The maximum Gasteiger partial charge on any atom is 0.328 e. The fourth-order valence-corrected chi connectivity index (χ4v) is 4.11. The Labute approximate surface area is 177 Å². The van der Waals surface area contributed by atoms with E-state index in [0.29, 0.717) is 23.6 Å². The van der Waals surface area contributed by atoms with Crippen LogP contribution in [-0.2, 0) is 13.0 Å². The normalized spacial score (nSPS) is 14.4. The Balaban J connectivity index is 1.50. The molecule has 2 aliphatic rings. The molecule has 0 saturated carbocycles. The highest BCUT2D eigenvalue weighted by Crippen LogP contribution is 2.32. The van der Waals surface area contributed by atoms with Crippen molar-refractivity contribution >= 4 is 11.6 Å². The van der Waals surface area contributed by atoms with E-state index in [2.05, 4.69) is 11.1 Å². The minimum absolute atomic E-state index is 0.0156. The van der Waals surface area contributed by atoms with Crippen molar-refractivity contribution in [3.63, 3.8) is 0 Å². The van der Waals surface area contributed by atoms with Crippen LogP contribution in [0.5, 0.6) is 11.5 Å². The Kier molecular flexibility index (Phi) is 4.62.